The average Bonchev–Trinajstić information content (AvgIpc) is 2.46. The van der Waals surface area contributed by atoms with Crippen LogP contribution in [0.5, 0.6) is 5.75 Å². The van der Waals surface area contributed by atoms with E-state index in [1.807, 2.05) is 0 Å². The van der Waals surface area contributed by atoms with Gasteiger partial charge in [-0.2, -0.15) is 8.78 Å². The zero-order valence-corrected chi connectivity index (χ0v) is 13.3. The van der Waals surface area contributed by atoms with Gasteiger partial charge < -0.3 is 10.1 Å². The van der Waals surface area contributed by atoms with E-state index in [0.29, 0.717) is 0 Å². The number of halogens is 6. The van der Waals surface area contributed by atoms with Crippen LogP contribution in [0.2, 0.25) is 15.1 Å². The van der Waals surface area contributed by atoms with Crippen LogP contribution in [0.15, 0.2) is 30.3 Å². The highest BCUT2D eigenvalue weighted by molar-refractivity contribution is 6.36. The Morgan fingerprint density at radius 3 is 2.48 bits per heavy atom. The van der Waals surface area contributed by atoms with Gasteiger partial charge in [0.2, 0.25) is 0 Å². The molecule has 0 saturated carbocycles. The summed E-state index contributed by atoms with van der Waals surface area (Å²) in [7, 11) is 0. The SMILES string of the molecule is O=C(Nc1cccc(Cl)c1F)c1cc(Cl)cc(Cl)c1OC(F)F. The molecular formula is C14H7Cl3F3NO2. The summed E-state index contributed by atoms with van der Waals surface area (Å²) in [5, 5.41) is 1.72. The smallest absolute Gasteiger partial charge is 0.387 e. The van der Waals surface area contributed by atoms with Gasteiger partial charge >= 0.3 is 6.61 Å². The van der Waals surface area contributed by atoms with Gasteiger partial charge in [-0.1, -0.05) is 40.9 Å². The highest BCUT2D eigenvalue weighted by atomic mass is 35.5. The van der Waals surface area contributed by atoms with Crippen LogP contribution < -0.4 is 10.1 Å². The minimum atomic E-state index is -3.21. The second-order valence-corrected chi connectivity index (χ2v) is 5.45. The maximum atomic E-state index is 13.8. The Bertz CT molecular complexity index is 756. The third kappa shape index (κ3) is 4.22. The minimum absolute atomic E-state index is 0.0216. The van der Waals surface area contributed by atoms with Crippen LogP contribution in [-0.2, 0) is 0 Å². The Hall–Kier alpha value is -1.63. The fourth-order valence-corrected chi connectivity index (χ4v) is 2.44. The molecule has 0 bridgehead atoms. The number of hydrogen-bond donors (Lipinski definition) is 1. The summed E-state index contributed by atoms with van der Waals surface area (Å²) in [5.74, 6) is -2.37. The molecule has 2 aromatic carbocycles. The lowest BCUT2D eigenvalue weighted by atomic mass is 10.1. The molecule has 0 spiro atoms. The number of rotatable bonds is 4. The van der Waals surface area contributed by atoms with E-state index in [1.165, 1.54) is 18.2 Å². The fourth-order valence-electron chi connectivity index (χ4n) is 1.73. The minimum Gasteiger partial charge on any atom is -0.432 e. The predicted molar refractivity (Wildman–Crippen MR) is 82.5 cm³/mol. The van der Waals surface area contributed by atoms with Crippen LogP contribution >= 0.6 is 34.8 Å². The van der Waals surface area contributed by atoms with Crippen molar-refractivity contribution >= 4 is 46.4 Å². The Balaban J connectivity index is 2.40. The molecule has 122 valence electrons. The van der Waals surface area contributed by atoms with Crippen LogP contribution in [0.1, 0.15) is 10.4 Å². The number of anilines is 1. The van der Waals surface area contributed by atoms with Crippen LogP contribution in [0.3, 0.4) is 0 Å². The van der Waals surface area contributed by atoms with E-state index in [2.05, 4.69) is 10.1 Å². The fraction of sp³-hybridized carbons (Fsp3) is 0.0714. The van der Waals surface area contributed by atoms with E-state index in [9.17, 15) is 18.0 Å². The van der Waals surface area contributed by atoms with E-state index in [1.54, 1.807) is 0 Å². The number of nitrogens with one attached hydrogen (secondary N) is 1. The van der Waals surface area contributed by atoms with Crippen molar-refractivity contribution in [1.82, 2.24) is 0 Å². The second-order valence-electron chi connectivity index (χ2n) is 4.20. The number of carbonyl (C=O) groups excluding carboxylic acids is 1. The number of ether oxygens (including phenoxy) is 1. The van der Waals surface area contributed by atoms with E-state index in [-0.39, 0.29) is 26.3 Å². The quantitative estimate of drug-likeness (QED) is 0.741. The third-order valence-electron chi connectivity index (χ3n) is 2.66. The lowest BCUT2D eigenvalue weighted by Gasteiger charge is -2.13. The molecular weight excluding hydrogens is 378 g/mol. The molecule has 9 heteroatoms. The van der Waals surface area contributed by atoms with Crippen molar-refractivity contribution in [3.8, 4) is 5.75 Å². The van der Waals surface area contributed by atoms with Crippen molar-refractivity contribution in [2.75, 3.05) is 5.32 Å². The molecule has 1 N–H and O–H groups in total. The van der Waals surface area contributed by atoms with Crippen LogP contribution in [0.25, 0.3) is 0 Å². The monoisotopic (exact) mass is 383 g/mol. The highest BCUT2D eigenvalue weighted by Crippen LogP contribution is 2.34. The van der Waals surface area contributed by atoms with Gasteiger partial charge in [-0.25, -0.2) is 4.39 Å². The maximum absolute atomic E-state index is 13.8. The normalized spacial score (nSPS) is 10.7. The first-order valence-electron chi connectivity index (χ1n) is 5.99. The highest BCUT2D eigenvalue weighted by Gasteiger charge is 2.21. The van der Waals surface area contributed by atoms with Crippen molar-refractivity contribution in [1.29, 1.82) is 0 Å². The molecule has 0 heterocycles. The van der Waals surface area contributed by atoms with Crippen molar-refractivity contribution in [2.45, 2.75) is 6.61 Å². The number of hydrogen-bond acceptors (Lipinski definition) is 2. The standard InChI is InChI=1S/C14H7Cl3F3NO2/c15-6-4-7(12(9(17)5-6)23-14(19)20)13(22)21-10-3-1-2-8(16)11(10)18/h1-5,14H,(H,21,22). The first kappa shape index (κ1) is 17.7. The van der Waals surface area contributed by atoms with E-state index in [4.69, 9.17) is 34.8 Å². The lowest BCUT2D eigenvalue weighted by Crippen LogP contribution is -2.16. The molecule has 0 aromatic heterocycles. The molecule has 0 unspecified atom stereocenters. The average molecular weight is 385 g/mol. The van der Waals surface area contributed by atoms with Gasteiger partial charge in [0.25, 0.3) is 5.91 Å². The molecule has 1 amide bonds. The number of alkyl halides is 2. The largest absolute Gasteiger partial charge is 0.432 e. The molecule has 0 saturated heterocycles. The summed E-state index contributed by atoms with van der Waals surface area (Å²) >= 11 is 17.1. The summed E-state index contributed by atoms with van der Waals surface area (Å²) in [4.78, 5) is 12.2. The van der Waals surface area contributed by atoms with Gasteiger partial charge in [-0.3, -0.25) is 4.79 Å². The molecule has 0 radical (unpaired) electrons. The van der Waals surface area contributed by atoms with Crippen LogP contribution in [0.4, 0.5) is 18.9 Å². The molecule has 3 nitrogen and oxygen atoms in total. The summed E-state index contributed by atoms with van der Waals surface area (Å²) in [5.41, 5.74) is -0.608. The summed E-state index contributed by atoms with van der Waals surface area (Å²) in [6.07, 6.45) is 0. The van der Waals surface area contributed by atoms with Gasteiger partial charge in [-0.05, 0) is 24.3 Å². The van der Waals surface area contributed by atoms with Gasteiger partial charge in [-0.15, -0.1) is 0 Å². The molecule has 0 atom stereocenters. The van der Waals surface area contributed by atoms with Crippen molar-refractivity contribution in [2.24, 2.45) is 0 Å². The number of carbonyl (C=O) groups is 1. The zero-order valence-electron chi connectivity index (χ0n) is 11.0. The van der Waals surface area contributed by atoms with Gasteiger partial charge in [0.05, 0.1) is 21.3 Å². The first-order valence-corrected chi connectivity index (χ1v) is 7.12. The van der Waals surface area contributed by atoms with Crippen LogP contribution in [-0.4, -0.2) is 12.5 Å². The second kappa shape index (κ2) is 7.29. The zero-order chi connectivity index (χ0) is 17.1. The Morgan fingerprint density at radius 1 is 1.13 bits per heavy atom. The number of amides is 1. The van der Waals surface area contributed by atoms with E-state index < -0.39 is 24.1 Å². The molecule has 2 rings (SSSR count). The van der Waals surface area contributed by atoms with Crippen molar-refractivity contribution < 1.29 is 22.7 Å². The number of benzene rings is 2. The molecule has 2 aromatic rings. The van der Waals surface area contributed by atoms with Crippen LogP contribution in [0, 0.1) is 5.82 Å². The van der Waals surface area contributed by atoms with Gasteiger partial charge in [0.1, 0.15) is 0 Å². The van der Waals surface area contributed by atoms with E-state index >= 15 is 0 Å². The molecule has 0 aliphatic carbocycles. The summed E-state index contributed by atoms with van der Waals surface area (Å²) in [6, 6.07) is 6.15. The third-order valence-corrected chi connectivity index (χ3v) is 3.45. The first-order chi connectivity index (χ1) is 10.8. The van der Waals surface area contributed by atoms with Gasteiger partial charge in [0.15, 0.2) is 11.6 Å². The maximum Gasteiger partial charge on any atom is 0.387 e. The van der Waals surface area contributed by atoms with Gasteiger partial charge in [0, 0.05) is 5.02 Å². The molecule has 0 aliphatic rings. The van der Waals surface area contributed by atoms with E-state index in [0.717, 1.165) is 12.1 Å². The summed E-state index contributed by atoms with van der Waals surface area (Å²) in [6.45, 7) is -3.21. The molecule has 23 heavy (non-hydrogen) atoms. The topological polar surface area (TPSA) is 38.3 Å². The predicted octanol–water partition coefficient (Wildman–Crippen LogP) is 5.64. The lowest BCUT2D eigenvalue weighted by molar-refractivity contribution is -0.0500. The summed E-state index contributed by atoms with van der Waals surface area (Å²) < 4.78 is 43.0. The Morgan fingerprint density at radius 2 is 1.83 bits per heavy atom. The van der Waals surface area contributed by atoms with Crippen molar-refractivity contribution in [3.63, 3.8) is 0 Å². The molecule has 0 fully saturated rings. The molecule has 0 aliphatic heterocycles. The van der Waals surface area contributed by atoms with Crippen molar-refractivity contribution in [3.05, 3.63) is 56.8 Å². The Labute approximate surface area is 143 Å². The Kier molecular flexibility index (Phi) is 5.62.